The van der Waals surface area contributed by atoms with Gasteiger partial charge in [0.2, 0.25) is 5.91 Å². The number of nitrogens with zero attached hydrogens (tertiary/aromatic N) is 1. The van der Waals surface area contributed by atoms with E-state index in [1.807, 2.05) is 52.9 Å². The second-order valence-electron chi connectivity index (χ2n) is 6.75. The van der Waals surface area contributed by atoms with Crippen molar-refractivity contribution in [2.75, 3.05) is 11.9 Å². The average Bonchev–Trinajstić information content (AvgIpc) is 2.84. The maximum absolute atomic E-state index is 11.7. The number of hydrogen-bond donors (Lipinski definition) is 2. The van der Waals surface area contributed by atoms with Crippen LogP contribution in [0.4, 0.5) is 5.69 Å². The minimum Gasteiger partial charge on any atom is -0.430 e. The van der Waals surface area contributed by atoms with Gasteiger partial charge in [-0.2, -0.15) is 0 Å². The third-order valence-electron chi connectivity index (χ3n) is 4.71. The molecule has 1 aromatic carbocycles. The van der Waals surface area contributed by atoms with E-state index < -0.39 is 7.69 Å². The molecule has 0 radical (unpaired) electrons. The van der Waals surface area contributed by atoms with Gasteiger partial charge < -0.3 is 24.3 Å². The van der Waals surface area contributed by atoms with Crippen molar-refractivity contribution in [3.8, 4) is 0 Å². The largest absolute Gasteiger partial charge is 0.494 e. The first-order valence-electron chi connectivity index (χ1n) is 7.59. The highest BCUT2D eigenvalue weighted by atomic mass is 16.7. The van der Waals surface area contributed by atoms with Gasteiger partial charge in [0.15, 0.2) is 0 Å². The second kappa shape index (κ2) is 6.28. The summed E-state index contributed by atoms with van der Waals surface area (Å²) in [5.74, 6) is 0.131. The maximum Gasteiger partial charge on any atom is 0.494 e. The standard InChI is InChI=1S/C15H20BNO3.BH3O2/c1-14(2)15(3,4)20-16(19-14)11-7-6-10-8-13(18)17(5)12(10)9-11;2-1-3/h6-7,9H,8H2,1-5H3;1-3H. The highest BCUT2D eigenvalue weighted by molar-refractivity contribution is 6.62. The van der Waals surface area contributed by atoms with Crippen molar-refractivity contribution in [1.82, 2.24) is 0 Å². The molecule has 8 heteroatoms. The van der Waals surface area contributed by atoms with Crippen LogP contribution in [0.3, 0.4) is 0 Å². The van der Waals surface area contributed by atoms with E-state index in [2.05, 4.69) is 0 Å². The molecule has 0 atom stereocenters. The Balaban J connectivity index is 0.000000595. The zero-order valence-corrected chi connectivity index (χ0v) is 14.3. The Morgan fingerprint density at radius 2 is 1.70 bits per heavy atom. The van der Waals surface area contributed by atoms with Crippen LogP contribution in [0, 0.1) is 0 Å². The van der Waals surface area contributed by atoms with Gasteiger partial charge in [-0.25, -0.2) is 0 Å². The fraction of sp³-hybridized carbons (Fsp3) is 0.533. The van der Waals surface area contributed by atoms with Crippen LogP contribution in [0.15, 0.2) is 18.2 Å². The van der Waals surface area contributed by atoms with Gasteiger partial charge >= 0.3 is 14.8 Å². The van der Waals surface area contributed by atoms with Crippen molar-refractivity contribution in [3.05, 3.63) is 23.8 Å². The lowest BCUT2D eigenvalue weighted by atomic mass is 9.78. The molecular formula is C15H23B2NO5. The van der Waals surface area contributed by atoms with Gasteiger partial charge in [0.25, 0.3) is 0 Å². The Labute approximate surface area is 137 Å². The van der Waals surface area contributed by atoms with Gasteiger partial charge in [0.1, 0.15) is 0 Å². The lowest BCUT2D eigenvalue weighted by Gasteiger charge is -2.32. The van der Waals surface area contributed by atoms with Crippen molar-refractivity contribution in [2.24, 2.45) is 0 Å². The molecule has 124 valence electrons. The predicted octanol–water partition coefficient (Wildman–Crippen LogP) is -0.258. The maximum atomic E-state index is 11.7. The number of benzene rings is 1. The van der Waals surface area contributed by atoms with Crippen molar-refractivity contribution in [2.45, 2.75) is 45.3 Å². The first-order valence-corrected chi connectivity index (χ1v) is 7.59. The van der Waals surface area contributed by atoms with E-state index >= 15 is 0 Å². The molecule has 2 heterocycles. The molecule has 0 aromatic heterocycles. The number of likely N-dealkylation sites (N-methyl/N-ethyl adjacent to an activating group) is 1. The van der Waals surface area contributed by atoms with E-state index in [1.165, 1.54) is 0 Å². The van der Waals surface area contributed by atoms with Crippen LogP contribution in [-0.4, -0.2) is 49.0 Å². The SMILES string of the molecule is CN1C(=O)Cc2ccc(B3OC(C)(C)C(C)(C)O3)cc21.OBO. The summed E-state index contributed by atoms with van der Waals surface area (Å²) in [6.07, 6.45) is 0.482. The molecule has 23 heavy (non-hydrogen) atoms. The molecule has 1 fully saturated rings. The summed E-state index contributed by atoms with van der Waals surface area (Å²) in [7, 11) is 0.678. The molecule has 2 N–H and O–H groups in total. The van der Waals surface area contributed by atoms with Crippen molar-refractivity contribution >= 4 is 31.9 Å². The van der Waals surface area contributed by atoms with Crippen LogP contribution in [0.1, 0.15) is 33.3 Å². The molecule has 3 rings (SSSR count). The Morgan fingerprint density at radius 3 is 2.22 bits per heavy atom. The summed E-state index contributed by atoms with van der Waals surface area (Å²) in [6, 6.07) is 5.99. The second-order valence-corrected chi connectivity index (χ2v) is 6.75. The van der Waals surface area contributed by atoms with Gasteiger partial charge in [0.05, 0.1) is 17.6 Å². The summed E-state index contributed by atoms with van der Waals surface area (Å²) in [6.45, 7) is 8.15. The third-order valence-corrected chi connectivity index (χ3v) is 4.71. The van der Waals surface area contributed by atoms with Gasteiger partial charge in [-0.15, -0.1) is 0 Å². The molecule has 1 aromatic rings. The number of amides is 1. The fourth-order valence-electron chi connectivity index (χ4n) is 2.58. The number of fused-ring (bicyclic) bond motifs is 1. The van der Waals surface area contributed by atoms with E-state index in [-0.39, 0.29) is 24.2 Å². The molecular weight excluding hydrogens is 296 g/mol. The van der Waals surface area contributed by atoms with Gasteiger partial charge in [-0.05, 0) is 44.8 Å². The highest BCUT2D eigenvalue weighted by Crippen LogP contribution is 2.37. The summed E-state index contributed by atoms with van der Waals surface area (Å²) in [5, 5.41) is 14.2. The smallest absolute Gasteiger partial charge is 0.430 e. The van der Waals surface area contributed by atoms with E-state index in [4.69, 9.17) is 19.4 Å². The lowest BCUT2D eigenvalue weighted by molar-refractivity contribution is -0.117. The minimum absolute atomic E-state index is 0.131. The van der Waals surface area contributed by atoms with Crippen LogP contribution in [0.2, 0.25) is 0 Å². The Morgan fingerprint density at radius 1 is 1.17 bits per heavy atom. The van der Waals surface area contributed by atoms with Crippen LogP contribution < -0.4 is 10.4 Å². The summed E-state index contributed by atoms with van der Waals surface area (Å²) >= 11 is 0. The van der Waals surface area contributed by atoms with Crippen molar-refractivity contribution < 1.29 is 24.2 Å². The molecule has 0 unspecified atom stereocenters. The topological polar surface area (TPSA) is 79.2 Å². The normalized spacial score (nSPS) is 20.9. The summed E-state index contributed by atoms with van der Waals surface area (Å²) in [4.78, 5) is 13.4. The zero-order valence-electron chi connectivity index (χ0n) is 14.3. The van der Waals surface area contributed by atoms with Crippen molar-refractivity contribution in [1.29, 1.82) is 0 Å². The van der Waals surface area contributed by atoms with E-state index in [9.17, 15) is 4.79 Å². The van der Waals surface area contributed by atoms with Crippen LogP contribution in [0.25, 0.3) is 0 Å². The minimum atomic E-state index is -0.750. The average molecular weight is 319 g/mol. The lowest BCUT2D eigenvalue weighted by Crippen LogP contribution is -2.41. The number of rotatable bonds is 1. The van der Waals surface area contributed by atoms with E-state index in [0.717, 1.165) is 16.7 Å². The monoisotopic (exact) mass is 319 g/mol. The van der Waals surface area contributed by atoms with Gasteiger partial charge in [-0.1, -0.05) is 12.1 Å². The molecule has 2 aliphatic heterocycles. The molecule has 0 aliphatic carbocycles. The highest BCUT2D eigenvalue weighted by Gasteiger charge is 2.51. The fourth-order valence-corrected chi connectivity index (χ4v) is 2.58. The van der Waals surface area contributed by atoms with Crippen molar-refractivity contribution in [3.63, 3.8) is 0 Å². The third kappa shape index (κ3) is 3.30. The van der Waals surface area contributed by atoms with Crippen LogP contribution in [0.5, 0.6) is 0 Å². The summed E-state index contributed by atoms with van der Waals surface area (Å²) < 4.78 is 12.1. The molecule has 0 saturated carbocycles. The number of anilines is 1. The first-order chi connectivity index (χ1) is 10.6. The molecule has 0 spiro atoms. The number of carbonyl (C=O) groups excluding carboxylic acids is 1. The zero-order chi connectivity index (χ0) is 17.4. The molecule has 1 saturated heterocycles. The number of hydrogen-bond acceptors (Lipinski definition) is 5. The Bertz CT molecular complexity index is 590. The Kier molecular flexibility index (Phi) is 4.92. The van der Waals surface area contributed by atoms with Gasteiger partial charge in [-0.3, -0.25) is 4.79 Å². The first kappa shape index (κ1) is 18.0. The van der Waals surface area contributed by atoms with Crippen LogP contribution in [-0.2, 0) is 20.5 Å². The summed E-state index contributed by atoms with van der Waals surface area (Å²) in [5.41, 5.74) is 2.29. The predicted molar refractivity (Wildman–Crippen MR) is 90.9 cm³/mol. The van der Waals surface area contributed by atoms with E-state index in [1.54, 1.807) is 4.90 Å². The number of carbonyl (C=O) groups is 1. The molecule has 2 aliphatic rings. The molecule has 1 amide bonds. The van der Waals surface area contributed by atoms with E-state index in [0.29, 0.717) is 6.42 Å². The molecule has 6 nitrogen and oxygen atoms in total. The molecule has 0 bridgehead atoms. The van der Waals surface area contributed by atoms with Crippen LogP contribution >= 0.6 is 0 Å². The van der Waals surface area contributed by atoms with Gasteiger partial charge in [0, 0.05) is 12.7 Å². The Hall–Kier alpha value is -1.34. The quantitative estimate of drug-likeness (QED) is 0.698.